The van der Waals surface area contributed by atoms with Gasteiger partial charge in [-0.3, -0.25) is 0 Å². The third-order valence-corrected chi connectivity index (χ3v) is 3.80. The summed E-state index contributed by atoms with van der Waals surface area (Å²) in [7, 11) is 0. The lowest BCUT2D eigenvalue weighted by atomic mass is 10.0. The minimum absolute atomic E-state index is 0.0763. The van der Waals surface area contributed by atoms with Gasteiger partial charge in [0.25, 0.3) is 0 Å². The molecular weight excluding hydrogens is 296 g/mol. The second-order valence-electron chi connectivity index (χ2n) is 5.19. The van der Waals surface area contributed by atoms with Crippen molar-refractivity contribution in [2.75, 3.05) is 5.32 Å². The van der Waals surface area contributed by atoms with Gasteiger partial charge in [-0.25, -0.2) is 18.7 Å². The number of aryl methyl sites for hydroxylation is 2. The molecule has 0 bridgehead atoms. The molecule has 0 amide bonds. The van der Waals surface area contributed by atoms with Crippen LogP contribution in [0.2, 0.25) is 5.02 Å². The van der Waals surface area contributed by atoms with Crippen LogP contribution in [0.3, 0.4) is 0 Å². The van der Waals surface area contributed by atoms with E-state index >= 15 is 0 Å². The van der Waals surface area contributed by atoms with Gasteiger partial charge < -0.3 is 5.32 Å². The topological polar surface area (TPSA) is 37.8 Å². The van der Waals surface area contributed by atoms with Gasteiger partial charge in [-0.05, 0) is 36.1 Å². The summed E-state index contributed by atoms with van der Waals surface area (Å²) >= 11 is 5.73. The standard InChI is InChI=1S/C15H14ClF2N3/c16-12-8-19-14(20-9-12)21-13-2-1-10-3-5-15(17,18)6-4-11(10)7-13/h1-2,7-9H,3-6H2,(H,19,20,21). The Balaban J connectivity index is 1.80. The molecule has 3 nitrogen and oxygen atoms in total. The van der Waals surface area contributed by atoms with Crippen molar-refractivity contribution < 1.29 is 8.78 Å². The minimum Gasteiger partial charge on any atom is -0.324 e. The molecular formula is C15H14ClF2N3. The predicted molar refractivity (Wildman–Crippen MR) is 78.4 cm³/mol. The van der Waals surface area contributed by atoms with Crippen molar-refractivity contribution in [2.45, 2.75) is 31.6 Å². The average Bonchev–Trinajstić information content (AvgIpc) is 2.61. The number of anilines is 2. The highest BCUT2D eigenvalue weighted by Gasteiger charge is 2.31. The number of hydrogen-bond acceptors (Lipinski definition) is 3. The van der Waals surface area contributed by atoms with Crippen LogP contribution in [0.15, 0.2) is 30.6 Å². The molecule has 1 aromatic carbocycles. The van der Waals surface area contributed by atoms with Crippen LogP contribution < -0.4 is 5.32 Å². The fraction of sp³-hybridized carbons (Fsp3) is 0.333. The smallest absolute Gasteiger partial charge is 0.248 e. The van der Waals surface area contributed by atoms with Crippen LogP contribution in [-0.4, -0.2) is 15.9 Å². The fourth-order valence-corrected chi connectivity index (χ4v) is 2.54. The molecule has 1 N–H and O–H groups in total. The maximum Gasteiger partial charge on any atom is 0.248 e. The van der Waals surface area contributed by atoms with Crippen molar-refractivity contribution >= 4 is 23.2 Å². The Kier molecular flexibility index (Phi) is 3.76. The number of aromatic nitrogens is 2. The van der Waals surface area contributed by atoms with Crippen molar-refractivity contribution in [3.8, 4) is 0 Å². The zero-order valence-electron chi connectivity index (χ0n) is 11.2. The summed E-state index contributed by atoms with van der Waals surface area (Å²) in [5.41, 5.74) is 2.75. The Morgan fingerprint density at radius 2 is 1.71 bits per heavy atom. The molecule has 6 heteroatoms. The molecule has 21 heavy (non-hydrogen) atoms. The number of fused-ring (bicyclic) bond motifs is 1. The Labute approximate surface area is 126 Å². The van der Waals surface area contributed by atoms with Crippen LogP contribution in [-0.2, 0) is 12.8 Å². The second kappa shape index (κ2) is 5.56. The minimum atomic E-state index is -2.56. The van der Waals surface area contributed by atoms with Crippen molar-refractivity contribution in [1.29, 1.82) is 0 Å². The Hall–Kier alpha value is -1.75. The SMILES string of the molecule is FC1(F)CCc2ccc(Nc3ncc(Cl)cn3)cc2CC1. The zero-order valence-corrected chi connectivity index (χ0v) is 12.0. The molecule has 0 saturated heterocycles. The molecule has 1 aliphatic carbocycles. The van der Waals surface area contributed by atoms with Crippen molar-refractivity contribution in [3.63, 3.8) is 0 Å². The third-order valence-electron chi connectivity index (χ3n) is 3.60. The molecule has 0 saturated carbocycles. The third kappa shape index (κ3) is 3.47. The first kappa shape index (κ1) is 14.2. The van der Waals surface area contributed by atoms with Crippen LogP contribution in [0.25, 0.3) is 0 Å². The zero-order chi connectivity index (χ0) is 14.9. The van der Waals surface area contributed by atoms with E-state index in [2.05, 4.69) is 15.3 Å². The molecule has 1 heterocycles. The lowest BCUT2D eigenvalue weighted by Crippen LogP contribution is -2.15. The van der Waals surface area contributed by atoms with E-state index in [1.165, 1.54) is 12.4 Å². The molecule has 3 rings (SSSR count). The van der Waals surface area contributed by atoms with E-state index in [1.54, 1.807) is 0 Å². The molecule has 110 valence electrons. The molecule has 0 unspecified atom stereocenters. The quantitative estimate of drug-likeness (QED) is 0.836. The lowest BCUT2D eigenvalue weighted by Gasteiger charge is -2.11. The Morgan fingerprint density at radius 1 is 1.05 bits per heavy atom. The number of halogens is 3. The highest BCUT2D eigenvalue weighted by Crippen LogP contribution is 2.33. The molecule has 0 fully saturated rings. The number of hydrogen-bond donors (Lipinski definition) is 1. The molecule has 2 aromatic rings. The molecule has 0 radical (unpaired) electrons. The Morgan fingerprint density at radius 3 is 2.43 bits per heavy atom. The van der Waals surface area contributed by atoms with Crippen molar-refractivity contribution in [1.82, 2.24) is 9.97 Å². The van der Waals surface area contributed by atoms with Gasteiger partial charge >= 0.3 is 0 Å². The van der Waals surface area contributed by atoms with Crippen LogP contribution in [0.1, 0.15) is 24.0 Å². The molecule has 1 aromatic heterocycles. The van der Waals surface area contributed by atoms with E-state index in [0.717, 1.165) is 16.8 Å². The fourth-order valence-electron chi connectivity index (χ4n) is 2.45. The summed E-state index contributed by atoms with van der Waals surface area (Å²) < 4.78 is 26.9. The van der Waals surface area contributed by atoms with Gasteiger partial charge in [0.2, 0.25) is 11.9 Å². The van der Waals surface area contributed by atoms with Crippen LogP contribution >= 0.6 is 11.6 Å². The maximum atomic E-state index is 13.5. The van der Waals surface area contributed by atoms with Crippen LogP contribution in [0, 0.1) is 0 Å². The summed E-state index contributed by atoms with van der Waals surface area (Å²) in [5, 5.41) is 3.52. The number of nitrogens with one attached hydrogen (secondary N) is 1. The first-order valence-corrected chi connectivity index (χ1v) is 7.14. The second-order valence-corrected chi connectivity index (χ2v) is 5.63. The first-order valence-electron chi connectivity index (χ1n) is 6.76. The maximum absolute atomic E-state index is 13.5. The van der Waals surface area contributed by atoms with Gasteiger partial charge in [0, 0.05) is 18.5 Å². The predicted octanol–water partition coefficient (Wildman–Crippen LogP) is 4.39. The van der Waals surface area contributed by atoms with Gasteiger partial charge in [0.15, 0.2) is 0 Å². The van der Waals surface area contributed by atoms with E-state index < -0.39 is 5.92 Å². The average molecular weight is 310 g/mol. The number of nitrogens with zero attached hydrogens (tertiary/aromatic N) is 2. The Bertz CT molecular complexity index is 644. The van der Waals surface area contributed by atoms with Gasteiger partial charge in [-0.2, -0.15) is 0 Å². The largest absolute Gasteiger partial charge is 0.324 e. The van der Waals surface area contributed by atoms with E-state index in [9.17, 15) is 8.78 Å². The van der Waals surface area contributed by atoms with E-state index in [0.29, 0.717) is 23.8 Å². The molecule has 0 atom stereocenters. The monoisotopic (exact) mass is 309 g/mol. The van der Waals surface area contributed by atoms with E-state index in [-0.39, 0.29) is 12.8 Å². The molecule has 1 aliphatic rings. The van der Waals surface area contributed by atoms with Gasteiger partial charge in [0.1, 0.15) is 0 Å². The number of benzene rings is 1. The van der Waals surface area contributed by atoms with Gasteiger partial charge in [0.05, 0.1) is 17.4 Å². The number of rotatable bonds is 2. The van der Waals surface area contributed by atoms with Crippen LogP contribution in [0.5, 0.6) is 0 Å². The normalized spacial score (nSPS) is 16.9. The highest BCUT2D eigenvalue weighted by atomic mass is 35.5. The molecule has 0 aliphatic heterocycles. The lowest BCUT2D eigenvalue weighted by molar-refractivity contribution is -0.0130. The van der Waals surface area contributed by atoms with Crippen molar-refractivity contribution in [2.24, 2.45) is 0 Å². The summed E-state index contributed by atoms with van der Waals surface area (Å²) in [6.45, 7) is 0. The molecule has 0 spiro atoms. The first-order chi connectivity index (χ1) is 10.0. The van der Waals surface area contributed by atoms with E-state index in [4.69, 9.17) is 11.6 Å². The number of alkyl halides is 2. The summed E-state index contributed by atoms with van der Waals surface area (Å²) in [6, 6.07) is 5.66. The summed E-state index contributed by atoms with van der Waals surface area (Å²) in [4.78, 5) is 8.11. The highest BCUT2D eigenvalue weighted by molar-refractivity contribution is 6.30. The summed E-state index contributed by atoms with van der Waals surface area (Å²) in [6.07, 6.45) is 3.63. The summed E-state index contributed by atoms with van der Waals surface area (Å²) in [5.74, 6) is -2.13. The van der Waals surface area contributed by atoms with Gasteiger partial charge in [-0.1, -0.05) is 17.7 Å². The van der Waals surface area contributed by atoms with E-state index in [1.807, 2.05) is 18.2 Å². The van der Waals surface area contributed by atoms with Gasteiger partial charge in [-0.15, -0.1) is 0 Å². The van der Waals surface area contributed by atoms with Crippen molar-refractivity contribution in [3.05, 3.63) is 46.7 Å². The van der Waals surface area contributed by atoms with Crippen LogP contribution in [0.4, 0.5) is 20.4 Å².